The zero-order valence-corrected chi connectivity index (χ0v) is 14.9. The predicted molar refractivity (Wildman–Crippen MR) is 98.8 cm³/mol. The Hall–Kier alpha value is -1.75. The van der Waals surface area contributed by atoms with E-state index >= 15 is 0 Å². The second-order valence-electron chi connectivity index (χ2n) is 6.92. The molecule has 134 valence electrons. The summed E-state index contributed by atoms with van der Waals surface area (Å²) in [5.41, 5.74) is 3.81. The van der Waals surface area contributed by atoms with Crippen LogP contribution in [0.2, 0.25) is 0 Å². The molecule has 1 N–H and O–H groups in total. The molecule has 1 atom stereocenters. The van der Waals surface area contributed by atoms with Gasteiger partial charge in [-0.3, -0.25) is 9.80 Å². The van der Waals surface area contributed by atoms with Crippen molar-refractivity contribution >= 4 is 0 Å². The first-order valence-electron chi connectivity index (χ1n) is 9.02. The molecule has 0 radical (unpaired) electrons. The number of aryl methyl sites for hydroxylation is 1. The zero-order chi connectivity index (χ0) is 17.6. The van der Waals surface area contributed by atoms with Crippen LogP contribution in [-0.4, -0.2) is 47.2 Å². The Morgan fingerprint density at radius 2 is 1.80 bits per heavy atom. The SMILES string of the molecule is Cc1ccccc1CN1CCN(Cc2ccc(F)cc2)CC1CCO. The van der Waals surface area contributed by atoms with Crippen molar-refractivity contribution < 1.29 is 9.50 Å². The van der Waals surface area contributed by atoms with Gasteiger partial charge in [0.05, 0.1) is 0 Å². The summed E-state index contributed by atoms with van der Waals surface area (Å²) in [5.74, 6) is -0.190. The van der Waals surface area contributed by atoms with Crippen molar-refractivity contribution in [2.75, 3.05) is 26.2 Å². The summed E-state index contributed by atoms with van der Waals surface area (Å²) >= 11 is 0. The van der Waals surface area contributed by atoms with E-state index < -0.39 is 0 Å². The van der Waals surface area contributed by atoms with Gasteiger partial charge in [-0.1, -0.05) is 36.4 Å². The molecule has 2 aromatic rings. The average molecular weight is 342 g/mol. The van der Waals surface area contributed by atoms with E-state index in [0.29, 0.717) is 6.04 Å². The van der Waals surface area contributed by atoms with Gasteiger partial charge < -0.3 is 5.11 Å². The predicted octanol–water partition coefficient (Wildman–Crippen LogP) is 3.20. The first-order valence-corrected chi connectivity index (χ1v) is 9.02. The highest BCUT2D eigenvalue weighted by Crippen LogP contribution is 2.20. The number of hydrogen-bond acceptors (Lipinski definition) is 3. The molecule has 0 aliphatic carbocycles. The third-order valence-corrected chi connectivity index (χ3v) is 5.11. The molecule has 4 heteroatoms. The Morgan fingerprint density at radius 1 is 1.04 bits per heavy atom. The van der Waals surface area contributed by atoms with E-state index in [1.54, 1.807) is 0 Å². The van der Waals surface area contributed by atoms with Crippen molar-refractivity contribution in [2.45, 2.75) is 32.5 Å². The highest BCUT2D eigenvalue weighted by Gasteiger charge is 2.26. The van der Waals surface area contributed by atoms with Crippen LogP contribution < -0.4 is 0 Å². The number of rotatable bonds is 6. The van der Waals surface area contributed by atoms with Gasteiger partial charge in [-0.25, -0.2) is 4.39 Å². The van der Waals surface area contributed by atoms with Crippen LogP contribution in [0, 0.1) is 12.7 Å². The molecule has 0 spiro atoms. The molecule has 1 aliphatic heterocycles. The molecule has 0 bridgehead atoms. The van der Waals surface area contributed by atoms with E-state index in [2.05, 4.69) is 41.0 Å². The first kappa shape index (κ1) is 18.1. The molecule has 0 aromatic heterocycles. The summed E-state index contributed by atoms with van der Waals surface area (Å²) in [6, 6.07) is 15.6. The normalized spacial score (nSPS) is 19.2. The highest BCUT2D eigenvalue weighted by molar-refractivity contribution is 5.25. The first-order chi connectivity index (χ1) is 12.2. The summed E-state index contributed by atoms with van der Waals surface area (Å²) in [4.78, 5) is 4.89. The summed E-state index contributed by atoms with van der Waals surface area (Å²) < 4.78 is 13.1. The number of piperazine rings is 1. The van der Waals surface area contributed by atoms with Crippen LogP contribution in [0.1, 0.15) is 23.1 Å². The number of nitrogens with zero attached hydrogens (tertiary/aromatic N) is 2. The summed E-state index contributed by atoms with van der Waals surface area (Å²) in [5, 5.41) is 9.48. The van der Waals surface area contributed by atoms with Crippen molar-refractivity contribution in [1.29, 1.82) is 0 Å². The third kappa shape index (κ3) is 4.88. The summed E-state index contributed by atoms with van der Waals surface area (Å²) in [6.07, 6.45) is 0.784. The van der Waals surface area contributed by atoms with Crippen LogP contribution in [0.5, 0.6) is 0 Å². The van der Waals surface area contributed by atoms with Crippen LogP contribution >= 0.6 is 0 Å². The quantitative estimate of drug-likeness (QED) is 0.873. The minimum absolute atomic E-state index is 0.190. The van der Waals surface area contributed by atoms with E-state index in [4.69, 9.17) is 0 Å². The van der Waals surface area contributed by atoms with Gasteiger partial charge in [-0.2, -0.15) is 0 Å². The largest absolute Gasteiger partial charge is 0.396 e. The molecule has 25 heavy (non-hydrogen) atoms. The molecule has 3 nitrogen and oxygen atoms in total. The Morgan fingerprint density at radius 3 is 2.52 bits per heavy atom. The van der Waals surface area contributed by atoms with Gasteiger partial charge >= 0.3 is 0 Å². The van der Waals surface area contributed by atoms with Crippen molar-refractivity contribution in [2.24, 2.45) is 0 Å². The molecule has 2 aromatic carbocycles. The maximum atomic E-state index is 13.1. The lowest BCUT2D eigenvalue weighted by Gasteiger charge is -2.41. The Kier molecular flexibility index (Phi) is 6.19. The number of aliphatic hydroxyl groups is 1. The van der Waals surface area contributed by atoms with E-state index in [1.165, 1.54) is 23.3 Å². The molecule has 1 fully saturated rings. The van der Waals surface area contributed by atoms with Crippen LogP contribution in [-0.2, 0) is 13.1 Å². The van der Waals surface area contributed by atoms with Crippen molar-refractivity contribution in [3.8, 4) is 0 Å². The standard InChI is InChI=1S/C21H27FN2O/c1-17-4-2-3-5-19(17)15-24-12-11-23(16-21(24)10-13-25)14-18-6-8-20(22)9-7-18/h2-9,21,25H,10-16H2,1H3. The lowest BCUT2D eigenvalue weighted by Crippen LogP contribution is -2.52. The molecular formula is C21H27FN2O. The summed E-state index contributed by atoms with van der Waals surface area (Å²) in [7, 11) is 0. The minimum atomic E-state index is -0.190. The van der Waals surface area contributed by atoms with E-state index in [-0.39, 0.29) is 12.4 Å². The fourth-order valence-corrected chi connectivity index (χ4v) is 3.59. The fourth-order valence-electron chi connectivity index (χ4n) is 3.59. The van der Waals surface area contributed by atoms with Crippen LogP contribution in [0.3, 0.4) is 0 Å². The molecule has 0 amide bonds. The maximum Gasteiger partial charge on any atom is 0.123 e. The van der Waals surface area contributed by atoms with E-state index in [1.807, 2.05) is 12.1 Å². The second-order valence-corrected chi connectivity index (χ2v) is 6.92. The van der Waals surface area contributed by atoms with Gasteiger partial charge in [0.15, 0.2) is 0 Å². The van der Waals surface area contributed by atoms with Crippen molar-refractivity contribution in [3.05, 3.63) is 71.0 Å². The number of halogens is 1. The van der Waals surface area contributed by atoms with Crippen molar-refractivity contribution in [1.82, 2.24) is 9.80 Å². The molecule has 1 saturated heterocycles. The Bertz CT molecular complexity index is 674. The average Bonchev–Trinajstić information content (AvgIpc) is 2.61. The highest BCUT2D eigenvalue weighted by atomic mass is 19.1. The lowest BCUT2D eigenvalue weighted by molar-refractivity contribution is 0.0498. The number of aliphatic hydroxyl groups excluding tert-OH is 1. The molecule has 1 aliphatic rings. The van der Waals surface area contributed by atoms with Crippen LogP contribution in [0.25, 0.3) is 0 Å². The smallest absolute Gasteiger partial charge is 0.123 e. The number of hydrogen-bond donors (Lipinski definition) is 1. The van der Waals surface area contributed by atoms with Gasteiger partial charge in [0.2, 0.25) is 0 Å². The monoisotopic (exact) mass is 342 g/mol. The fraction of sp³-hybridized carbons (Fsp3) is 0.429. The molecular weight excluding hydrogens is 315 g/mol. The molecule has 3 rings (SSSR count). The molecule has 0 saturated carbocycles. The number of benzene rings is 2. The Balaban J connectivity index is 1.63. The zero-order valence-electron chi connectivity index (χ0n) is 14.9. The minimum Gasteiger partial charge on any atom is -0.396 e. The van der Waals surface area contributed by atoms with Gasteiger partial charge in [0.25, 0.3) is 0 Å². The van der Waals surface area contributed by atoms with Crippen molar-refractivity contribution in [3.63, 3.8) is 0 Å². The third-order valence-electron chi connectivity index (χ3n) is 5.11. The Labute approximate surface area is 149 Å². The molecule has 1 heterocycles. The van der Waals surface area contributed by atoms with Gasteiger partial charge in [-0.05, 0) is 42.2 Å². The van der Waals surface area contributed by atoms with E-state index in [0.717, 1.165) is 44.7 Å². The van der Waals surface area contributed by atoms with Crippen LogP contribution in [0.4, 0.5) is 4.39 Å². The van der Waals surface area contributed by atoms with Gasteiger partial charge in [0.1, 0.15) is 5.82 Å². The lowest BCUT2D eigenvalue weighted by atomic mass is 10.0. The topological polar surface area (TPSA) is 26.7 Å². The maximum absolute atomic E-state index is 13.1. The van der Waals surface area contributed by atoms with Gasteiger partial charge in [-0.15, -0.1) is 0 Å². The van der Waals surface area contributed by atoms with E-state index in [9.17, 15) is 9.50 Å². The summed E-state index contributed by atoms with van der Waals surface area (Å²) in [6.45, 7) is 7.04. The van der Waals surface area contributed by atoms with Gasteiger partial charge in [0, 0.05) is 45.4 Å². The van der Waals surface area contributed by atoms with Crippen LogP contribution in [0.15, 0.2) is 48.5 Å². The second kappa shape index (κ2) is 8.56. The molecule has 1 unspecified atom stereocenters.